The fourth-order valence-corrected chi connectivity index (χ4v) is 4.25. The Bertz CT molecular complexity index is 957. The van der Waals surface area contributed by atoms with Crippen LogP contribution >= 0.6 is 0 Å². The molecule has 1 aromatic heterocycles. The maximum absolute atomic E-state index is 12.9. The number of benzene rings is 2. The van der Waals surface area contributed by atoms with E-state index < -0.39 is 0 Å². The van der Waals surface area contributed by atoms with Crippen LogP contribution in [0.1, 0.15) is 41.6 Å². The zero-order chi connectivity index (χ0) is 18.2. The fraction of sp³-hybridized carbons (Fsp3) is 0.318. The quantitative estimate of drug-likeness (QED) is 0.779. The maximum Gasteiger partial charge on any atom is 0.230 e. The topological polar surface area (TPSA) is 61.9 Å². The lowest BCUT2D eigenvalue weighted by Gasteiger charge is -2.37. The summed E-state index contributed by atoms with van der Waals surface area (Å²) in [7, 11) is 0. The highest BCUT2D eigenvalue weighted by Crippen LogP contribution is 2.37. The number of carbonyl (C=O) groups excluding carboxylic acids is 1. The molecule has 136 valence electrons. The largest absolute Gasteiger partial charge is 0.342 e. The summed E-state index contributed by atoms with van der Waals surface area (Å²) in [5.74, 6) is 2.38. The second-order valence-electron chi connectivity index (χ2n) is 7.47. The monoisotopic (exact) mass is 358 g/mol. The number of hydrogen-bond acceptors (Lipinski definition) is 3. The normalized spacial score (nSPS) is 19.4. The lowest BCUT2D eigenvalue weighted by atomic mass is 9.76. The highest BCUT2D eigenvalue weighted by Gasteiger charge is 2.36. The molecule has 1 N–H and O–H groups in total. The molecule has 1 aliphatic carbocycles. The number of nitrogens with one attached hydrogen (secondary N) is 1. The second-order valence-corrected chi connectivity index (χ2v) is 7.47. The average Bonchev–Trinajstić information content (AvgIpc) is 3.20. The lowest BCUT2D eigenvalue weighted by Crippen LogP contribution is -2.43. The molecule has 3 aromatic rings. The molecule has 2 aromatic carbocycles. The fourth-order valence-electron chi connectivity index (χ4n) is 4.25. The van der Waals surface area contributed by atoms with E-state index in [0.717, 1.165) is 49.6 Å². The maximum atomic E-state index is 12.9. The zero-order valence-corrected chi connectivity index (χ0v) is 15.1. The minimum absolute atomic E-state index is 0.0627. The van der Waals surface area contributed by atoms with Crippen molar-refractivity contribution in [2.75, 3.05) is 13.1 Å². The third-order valence-electron chi connectivity index (χ3n) is 5.88. The summed E-state index contributed by atoms with van der Waals surface area (Å²) >= 11 is 0. The second kappa shape index (κ2) is 6.65. The predicted octanol–water partition coefficient (Wildman–Crippen LogP) is 3.52. The highest BCUT2D eigenvalue weighted by molar-refractivity contribution is 5.87. The van der Waals surface area contributed by atoms with Crippen LogP contribution in [-0.4, -0.2) is 39.1 Å². The number of piperidine rings is 1. The molecule has 5 rings (SSSR count). The first-order valence-corrected chi connectivity index (χ1v) is 9.64. The Morgan fingerprint density at radius 1 is 1.00 bits per heavy atom. The molecule has 5 nitrogen and oxygen atoms in total. The van der Waals surface area contributed by atoms with E-state index in [1.165, 1.54) is 11.1 Å². The molecule has 2 aliphatic rings. The van der Waals surface area contributed by atoms with Crippen LogP contribution in [0.4, 0.5) is 0 Å². The van der Waals surface area contributed by atoms with Crippen molar-refractivity contribution in [3.05, 3.63) is 71.5 Å². The number of fused-ring (bicyclic) bond motifs is 1. The number of aromatic amines is 1. The first kappa shape index (κ1) is 16.2. The Kier molecular flexibility index (Phi) is 4.00. The zero-order valence-electron chi connectivity index (χ0n) is 15.1. The molecule has 1 aliphatic heterocycles. The van der Waals surface area contributed by atoms with Crippen molar-refractivity contribution in [3.8, 4) is 11.4 Å². The molecule has 0 spiro atoms. The average molecular weight is 358 g/mol. The number of amides is 1. The first-order chi connectivity index (χ1) is 13.3. The van der Waals surface area contributed by atoms with Gasteiger partial charge in [0.1, 0.15) is 5.82 Å². The minimum Gasteiger partial charge on any atom is -0.342 e. The van der Waals surface area contributed by atoms with Gasteiger partial charge in [0, 0.05) is 24.6 Å². The Morgan fingerprint density at radius 2 is 1.74 bits per heavy atom. The first-order valence-electron chi connectivity index (χ1n) is 9.64. The van der Waals surface area contributed by atoms with Gasteiger partial charge < -0.3 is 4.90 Å². The summed E-state index contributed by atoms with van der Waals surface area (Å²) in [4.78, 5) is 19.6. The van der Waals surface area contributed by atoms with Gasteiger partial charge in [-0.05, 0) is 30.4 Å². The molecule has 1 unspecified atom stereocenters. The molecule has 0 bridgehead atoms. The van der Waals surface area contributed by atoms with Crippen molar-refractivity contribution < 1.29 is 4.79 Å². The van der Waals surface area contributed by atoms with E-state index in [1.54, 1.807) is 0 Å². The molecule has 2 heterocycles. The lowest BCUT2D eigenvalue weighted by molar-refractivity contribution is -0.134. The summed E-state index contributed by atoms with van der Waals surface area (Å²) in [5.41, 5.74) is 3.56. The van der Waals surface area contributed by atoms with Gasteiger partial charge in [-0.1, -0.05) is 54.6 Å². The van der Waals surface area contributed by atoms with Gasteiger partial charge in [-0.25, -0.2) is 4.98 Å². The van der Waals surface area contributed by atoms with E-state index in [4.69, 9.17) is 4.98 Å². The third kappa shape index (κ3) is 2.93. The molecule has 0 saturated carbocycles. The smallest absolute Gasteiger partial charge is 0.230 e. The summed E-state index contributed by atoms with van der Waals surface area (Å²) in [5, 5.41) is 7.49. The van der Waals surface area contributed by atoms with Crippen LogP contribution < -0.4 is 0 Å². The van der Waals surface area contributed by atoms with Gasteiger partial charge in [-0.15, -0.1) is 0 Å². The van der Waals surface area contributed by atoms with Gasteiger partial charge in [0.25, 0.3) is 0 Å². The van der Waals surface area contributed by atoms with Gasteiger partial charge in [-0.2, -0.15) is 5.10 Å². The van der Waals surface area contributed by atoms with Crippen molar-refractivity contribution in [1.82, 2.24) is 20.1 Å². The van der Waals surface area contributed by atoms with Crippen molar-refractivity contribution >= 4 is 5.91 Å². The summed E-state index contributed by atoms with van der Waals surface area (Å²) in [6.07, 6.45) is 2.75. The SMILES string of the molecule is O=C(C1Cc2ccccc21)N1CCC(c2nc(-c3ccccc3)n[nH]2)CC1. The number of aromatic nitrogens is 3. The molecule has 27 heavy (non-hydrogen) atoms. The Balaban J connectivity index is 1.22. The van der Waals surface area contributed by atoms with E-state index >= 15 is 0 Å². The van der Waals surface area contributed by atoms with Crippen LogP contribution in [-0.2, 0) is 11.2 Å². The Hall–Kier alpha value is -2.95. The van der Waals surface area contributed by atoms with Gasteiger partial charge in [0.2, 0.25) is 5.91 Å². The summed E-state index contributed by atoms with van der Waals surface area (Å²) < 4.78 is 0. The number of H-pyrrole nitrogens is 1. The molecule has 0 radical (unpaired) electrons. The van der Waals surface area contributed by atoms with E-state index in [2.05, 4.69) is 22.3 Å². The van der Waals surface area contributed by atoms with Crippen LogP contribution in [0.3, 0.4) is 0 Å². The van der Waals surface area contributed by atoms with Gasteiger partial charge in [0.05, 0.1) is 5.92 Å². The molecule has 1 saturated heterocycles. The molecular formula is C22H22N4O. The molecule has 1 fully saturated rings. The van der Waals surface area contributed by atoms with Crippen LogP contribution in [0.2, 0.25) is 0 Å². The summed E-state index contributed by atoms with van der Waals surface area (Å²) in [6.45, 7) is 1.59. The van der Waals surface area contributed by atoms with Gasteiger partial charge >= 0.3 is 0 Å². The van der Waals surface area contributed by atoms with Crippen LogP contribution in [0.15, 0.2) is 54.6 Å². The Labute approximate surface area is 158 Å². The number of likely N-dealkylation sites (tertiary alicyclic amines) is 1. The highest BCUT2D eigenvalue weighted by atomic mass is 16.2. The number of nitrogens with zero attached hydrogens (tertiary/aromatic N) is 3. The van der Waals surface area contributed by atoms with Crippen LogP contribution in [0, 0.1) is 0 Å². The molecular weight excluding hydrogens is 336 g/mol. The van der Waals surface area contributed by atoms with E-state index in [1.807, 2.05) is 47.4 Å². The van der Waals surface area contributed by atoms with Crippen LogP contribution in [0.5, 0.6) is 0 Å². The molecule has 5 heteroatoms. The summed E-state index contributed by atoms with van der Waals surface area (Å²) in [6, 6.07) is 18.3. The van der Waals surface area contributed by atoms with E-state index in [9.17, 15) is 4.79 Å². The van der Waals surface area contributed by atoms with Gasteiger partial charge in [0.15, 0.2) is 5.82 Å². The van der Waals surface area contributed by atoms with Crippen molar-refractivity contribution in [2.24, 2.45) is 0 Å². The predicted molar refractivity (Wildman–Crippen MR) is 103 cm³/mol. The minimum atomic E-state index is 0.0627. The number of hydrogen-bond donors (Lipinski definition) is 1. The number of rotatable bonds is 3. The standard InChI is InChI=1S/C22H22N4O/c27-22(19-14-17-8-4-5-9-18(17)19)26-12-10-16(11-13-26)21-23-20(24-25-21)15-6-2-1-3-7-15/h1-9,16,19H,10-14H2,(H,23,24,25). The van der Waals surface area contributed by atoms with Crippen molar-refractivity contribution in [2.45, 2.75) is 31.1 Å². The number of carbonyl (C=O) groups is 1. The molecule has 1 amide bonds. The molecule has 1 atom stereocenters. The Morgan fingerprint density at radius 3 is 2.52 bits per heavy atom. The van der Waals surface area contributed by atoms with Crippen molar-refractivity contribution in [1.29, 1.82) is 0 Å². The van der Waals surface area contributed by atoms with Crippen molar-refractivity contribution in [3.63, 3.8) is 0 Å². The van der Waals surface area contributed by atoms with E-state index in [-0.39, 0.29) is 11.8 Å². The van der Waals surface area contributed by atoms with Crippen LogP contribution in [0.25, 0.3) is 11.4 Å². The van der Waals surface area contributed by atoms with Gasteiger partial charge in [-0.3, -0.25) is 9.89 Å². The van der Waals surface area contributed by atoms with E-state index in [0.29, 0.717) is 5.92 Å². The third-order valence-corrected chi connectivity index (χ3v) is 5.88.